The van der Waals surface area contributed by atoms with E-state index in [1.165, 1.54) is 0 Å². The lowest BCUT2D eigenvalue weighted by atomic mass is 9.86. The standard InChI is InChI=1S/C21H31N5O3/c1-20(2)14-23-19(28)21(24-15-20)5-7-26(8-6-21)18(27)16-3-4-17(22-13-16)25-9-11-29-12-10-25/h3-4,13,24H,5-12,14-15H2,1-2H3,(H,23,28). The van der Waals surface area contributed by atoms with Gasteiger partial charge in [-0.3, -0.25) is 9.59 Å². The minimum Gasteiger partial charge on any atom is -0.378 e. The number of piperidine rings is 1. The Morgan fingerprint density at radius 3 is 2.48 bits per heavy atom. The van der Waals surface area contributed by atoms with Gasteiger partial charge in [0.25, 0.3) is 5.91 Å². The van der Waals surface area contributed by atoms with Gasteiger partial charge in [0.1, 0.15) is 11.4 Å². The first kappa shape index (κ1) is 20.1. The van der Waals surface area contributed by atoms with Crippen LogP contribution in [0.25, 0.3) is 0 Å². The molecule has 3 saturated heterocycles. The number of carbonyl (C=O) groups is 2. The topological polar surface area (TPSA) is 86.8 Å². The summed E-state index contributed by atoms with van der Waals surface area (Å²) < 4.78 is 5.37. The lowest BCUT2D eigenvalue weighted by Gasteiger charge is -2.40. The van der Waals surface area contributed by atoms with Crippen molar-refractivity contribution >= 4 is 17.6 Å². The highest BCUT2D eigenvalue weighted by Crippen LogP contribution is 2.28. The van der Waals surface area contributed by atoms with Crippen molar-refractivity contribution < 1.29 is 14.3 Å². The maximum Gasteiger partial charge on any atom is 0.255 e. The van der Waals surface area contributed by atoms with Crippen LogP contribution >= 0.6 is 0 Å². The Hall–Kier alpha value is -2.19. The molecule has 0 aromatic carbocycles. The molecule has 1 aromatic heterocycles. The number of nitrogens with one attached hydrogen (secondary N) is 2. The molecule has 8 nitrogen and oxygen atoms in total. The van der Waals surface area contributed by atoms with Crippen molar-refractivity contribution in [2.75, 3.05) is 57.4 Å². The van der Waals surface area contributed by atoms with Crippen LogP contribution in [-0.4, -0.2) is 79.7 Å². The van der Waals surface area contributed by atoms with Crippen molar-refractivity contribution in [2.24, 2.45) is 5.41 Å². The number of carbonyl (C=O) groups excluding carboxylic acids is 2. The van der Waals surface area contributed by atoms with Crippen LogP contribution in [0.3, 0.4) is 0 Å². The zero-order valence-corrected chi connectivity index (χ0v) is 17.4. The van der Waals surface area contributed by atoms with E-state index < -0.39 is 5.54 Å². The van der Waals surface area contributed by atoms with Crippen LogP contribution in [0.2, 0.25) is 0 Å². The molecule has 1 aromatic rings. The SMILES string of the molecule is CC1(C)CNC(=O)C2(CCN(C(=O)c3ccc(N4CCOCC4)nc3)CC2)NC1. The number of amides is 2. The summed E-state index contributed by atoms with van der Waals surface area (Å²) in [4.78, 5) is 34.1. The van der Waals surface area contributed by atoms with E-state index in [0.717, 1.165) is 25.5 Å². The monoisotopic (exact) mass is 401 g/mol. The van der Waals surface area contributed by atoms with E-state index in [2.05, 4.69) is 34.4 Å². The van der Waals surface area contributed by atoms with E-state index in [9.17, 15) is 9.59 Å². The van der Waals surface area contributed by atoms with Gasteiger partial charge in [-0.1, -0.05) is 13.8 Å². The number of hydrogen-bond acceptors (Lipinski definition) is 6. The van der Waals surface area contributed by atoms with Gasteiger partial charge in [0, 0.05) is 45.5 Å². The molecule has 2 N–H and O–H groups in total. The van der Waals surface area contributed by atoms with Crippen LogP contribution in [0.15, 0.2) is 18.3 Å². The van der Waals surface area contributed by atoms with Crippen molar-refractivity contribution in [2.45, 2.75) is 32.2 Å². The van der Waals surface area contributed by atoms with E-state index in [0.29, 0.717) is 51.3 Å². The van der Waals surface area contributed by atoms with Gasteiger partial charge < -0.3 is 25.2 Å². The molecular weight excluding hydrogens is 370 g/mol. The van der Waals surface area contributed by atoms with Gasteiger partial charge in [-0.05, 0) is 30.4 Å². The second-order valence-corrected chi connectivity index (χ2v) is 9.08. The summed E-state index contributed by atoms with van der Waals surface area (Å²) in [6.07, 6.45) is 2.91. The normalized spacial score (nSPS) is 24.1. The summed E-state index contributed by atoms with van der Waals surface area (Å²) in [7, 11) is 0. The lowest BCUT2D eigenvalue weighted by molar-refractivity contribution is -0.128. The summed E-state index contributed by atoms with van der Waals surface area (Å²) in [5.41, 5.74) is 0.0561. The van der Waals surface area contributed by atoms with Crippen molar-refractivity contribution in [3.05, 3.63) is 23.9 Å². The molecule has 2 amide bonds. The molecule has 1 spiro atoms. The quantitative estimate of drug-likeness (QED) is 0.756. The zero-order valence-electron chi connectivity index (χ0n) is 17.4. The van der Waals surface area contributed by atoms with Crippen molar-refractivity contribution in [3.63, 3.8) is 0 Å². The van der Waals surface area contributed by atoms with Gasteiger partial charge in [0.05, 0.1) is 18.8 Å². The lowest BCUT2D eigenvalue weighted by Crippen LogP contribution is -2.61. The Morgan fingerprint density at radius 2 is 1.83 bits per heavy atom. The van der Waals surface area contributed by atoms with Crippen LogP contribution < -0.4 is 15.5 Å². The fourth-order valence-electron chi connectivity index (χ4n) is 4.21. The number of morpholine rings is 1. The van der Waals surface area contributed by atoms with Gasteiger partial charge in [-0.15, -0.1) is 0 Å². The minimum absolute atomic E-state index is 0.0183. The molecular formula is C21H31N5O3. The summed E-state index contributed by atoms with van der Waals surface area (Å²) in [6, 6.07) is 3.76. The average Bonchev–Trinajstić information content (AvgIpc) is 2.87. The number of anilines is 1. The fraction of sp³-hybridized carbons (Fsp3) is 0.667. The van der Waals surface area contributed by atoms with Crippen molar-refractivity contribution in [1.29, 1.82) is 0 Å². The maximum absolute atomic E-state index is 12.9. The molecule has 0 bridgehead atoms. The van der Waals surface area contributed by atoms with E-state index >= 15 is 0 Å². The summed E-state index contributed by atoms with van der Waals surface area (Å²) in [5, 5.41) is 6.58. The third-order valence-corrected chi connectivity index (χ3v) is 6.30. The first-order chi connectivity index (χ1) is 13.9. The molecule has 158 valence electrons. The number of likely N-dealkylation sites (tertiary alicyclic amines) is 1. The fourth-order valence-corrected chi connectivity index (χ4v) is 4.21. The largest absolute Gasteiger partial charge is 0.378 e. The van der Waals surface area contributed by atoms with Crippen LogP contribution in [0, 0.1) is 5.41 Å². The Balaban J connectivity index is 1.38. The van der Waals surface area contributed by atoms with E-state index in [4.69, 9.17) is 4.74 Å². The second kappa shape index (κ2) is 7.91. The number of rotatable bonds is 2. The highest BCUT2D eigenvalue weighted by molar-refractivity contribution is 5.94. The van der Waals surface area contributed by atoms with Crippen molar-refractivity contribution in [3.8, 4) is 0 Å². The van der Waals surface area contributed by atoms with E-state index in [-0.39, 0.29) is 17.2 Å². The smallest absolute Gasteiger partial charge is 0.255 e. The molecule has 3 aliphatic heterocycles. The molecule has 0 atom stereocenters. The van der Waals surface area contributed by atoms with Crippen molar-refractivity contribution in [1.82, 2.24) is 20.5 Å². The average molecular weight is 402 g/mol. The first-order valence-electron chi connectivity index (χ1n) is 10.5. The van der Waals surface area contributed by atoms with E-state index in [1.807, 2.05) is 17.0 Å². The molecule has 4 heterocycles. The Labute approximate surface area is 172 Å². The summed E-state index contributed by atoms with van der Waals surface area (Å²) >= 11 is 0. The van der Waals surface area contributed by atoms with Crippen LogP contribution in [0.5, 0.6) is 0 Å². The van der Waals surface area contributed by atoms with Gasteiger partial charge in [-0.25, -0.2) is 4.98 Å². The number of nitrogens with zero attached hydrogens (tertiary/aromatic N) is 3. The van der Waals surface area contributed by atoms with E-state index in [1.54, 1.807) is 6.20 Å². The number of pyridine rings is 1. The molecule has 3 aliphatic rings. The molecule has 0 radical (unpaired) electrons. The molecule has 4 rings (SSSR count). The predicted molar refractivity (Wildman–Crippen MR) is 110 cm³/mol. The van der Waals surface area contributed by atoms with Crippen LogP contribution in [-0.2, 0) is 9.53 Å². The highest BCUT2D eigenvalue weighted by Gasteiger charge is 2.45. The Morgan fingerprint density at radius 1 is 1.10 bits per heavy atom. The Bertz CT molecular complexity index is 750. The highest BCUT2D eigenvalue weighted by atomic mass is 16.5. The number of aromatic nitrogens is 1. The molecule has 0 unspecified atom stereocenters. The third-order valence-electron chi connectivity index (χ3n) is 6.30. The number of hydrogen-bond donors (Lipinski definition) is 2. The first-order valence-corrected chi connectivity index (χ1v) is 10.5. The van der Waals surface area contributed by atoms with Crippen LogP contribution in [0.1, 0.15) is 37.0 Å². The summed E-state index contributed by atoms with van der Waals surface area (Å²) in [6.45, 7) is 9.91. The maximum atomic E-state index is 12.9. The predicted octanol–water partition coefficient (Wildman–Crippen LogP) is 0.639. The zero-order chi connectivity index (χ0) is 20.5. The second-order valence-electron chi connectivity index (χ2n) is 9.08. The molecule has 29 heavy (non-hydrogen) atoms. The minimum atomic E-state index is -0.566. The Kier molecular flexibility index (Phi) is 5.48. The molecule has 8 heteroatoms. The van der Waals surface area contributed by atoms with Gasteiger partial charge in [-0.2, -0.15) is 0 Å². The third kappa shape index (κ3) is 4.23. The summed E-state index contributed by atoms with van der Waals surface area (Å²) in [5.74, 6) is 0.923. The molecule has 0 aliphatic carbocycles. The number of ether oxygens (including phenoxy) is 1. The molecule has 3 fully saturated rings. The van der Waals surface area contributed by atoms with Crippen LogP contribution in [0.4, 0.5) is 5.82 Å². The van der Waals surface area contributed by atoms with Gasteiger partial charge in [0.2, 0.25) is 5.91 Å². The molecule has 0 saturated carbocycles. The van der Waals surface area contributed by atoms with Gasteiger partial charge in [0.15, 0.2) is 0 Å². The van der Waals surface area contributed by atoms with Gasteiger partial charge >= 0.3 is 0 Å².